The lowest BCUT2D eigenvalue weighted by atomic mass is 10.0. The number of hydrogen-bond donors (Lipinski definition) is 0. The minimum Gasteiger partial charge on any atom is -0.486 e. The number of rotatable bonds is 0. The van der Waals surface area contributed by atoms with Crippen LogP contribution in [0.3, 0.4) is 0 Å². The normalized spacial score (nSPS) is 13.4. The van der Waals surface area contributed by atoms with Crippen molar-refractivity contribution in [3.8, 4) is 5.75 Å². The first-order valence-corrected chi connectivity index (χ1v) is 5.06. The van der Waals surface area contributed by atoms with Gasteiger partial charge in [-0.3, -0.25) is 9.78 Å². The number of ether oxygens (including phenoxy) is 1. The van der Waals surface area contributed by atoms with E-state index in [4.69, 9.17) is 4.74 Å². The lowest BCUT2D eigenvalue weighted by Crippen LogP contribution is -2.03. The molecule has 3 nitrogen and oxygen atoms in total. The second-order valence-corrected chi connectivity index (χ2v) is 3.61. The quantitative estimate of drug-likeness (QED) is 0.670. The molecule has 0 spiro atoms. The van der Waals surface area contributed by atoms with Crippen molar-refractivity contribution in [3.63, 3.8) is 0 Å². The summed E-state index contributed by atoms with van der Waals surface area (Å²) in [4.78, 5) is 16.4. The molecule has 1 aliphatic heterocycles. The van der Waals surface area contributed by atoms with Crippen molar-refractivity contribution in [2.75, 3.05) is 0 Å². The molecular weight excluding hydrogens is 202 g/mol. The average molecular weight is 211 g/mol. The van der Waals surface area contributed by atoms with Gasteiger partial charge >= 0.3 is 0 Å². The van der Waals surface area contributed by atoms with Gasteiger partial charge in [0.05, 0.1) is 11.3 Å². The first kappa shape index (κ1) is 9.09. The summed E-state index contributed by atoms with van der Waals surface area (Å²) in [5.74, 6) is 0.613. The summed E-state index contributed by atoms with van der Waals surface area (Å²) < 4.78 is 5.56. The van der Waals surface area contributed by atoms with Crippen molar-refractivity contribution in [1.82, 2.24) is 4.98 Å². The van der Waals surface area contributed by atoms with Gasteiger partial charge in [-0.2, -0.15) is 0 Å². The second kappa shape index (κ2) is 3.45. The van der Waals surface area contributed by atoms with Crippen molar-refractivity contribution in [3.05, 3.63) is 59.4 Å². The van der Waals surface area contributed by atoms with Crippen LogP contribution >= 0.6 is 0 Å². The molecule has 3 heteroatoms. The summed E-state index contributed by atoms with van der Waals surface area (Å²) in [5, 5.41) is 0. The van der Waals surface area contributed by atoms with Gasteiger partial charge in [0.1, 0.15) is 12.4 Å². The van der Waals surface area contributed by atoms with Crippen LogP contribution in [-0.2, 0) is 6.61 Å². The topological polar surface area (TPSA) is 39.2 Å². The summed E-state index contributed by atoms with van der Waals surface area (Å²) in [6.45, 7) is 0.346. The highest BCUT2D eigenvalue weighted by Crippen LogP contribution is 2.26. The smallest absolute Gasteiger partial charge is 0.198 e. The van der Waals surface area contributed by atoms with E-state index < -0.39 is 0 Å². The Balaban J connectivity index is 2.22. The number of carbonyl (C=O) groups is 1. The fourth-order valence-electron chi connectivity index (χ4n) is 1.83. The van der Waals surface area contributed by atoms with Crippen LogP contribution in [0.1, 0.15) is 21.6 Å². The Labute approximate surface area is 92.7 Å². The Hall–Kier alpha value is -2.16. The number of hydrogen-bond acceptors (Lipinski definition) is 3. The third kappa shape index (κ3) is 1.29. The zero-order valence-electron chi connectivity index (χ0n) is 8.51. The molecule has 0 N–H and O–H groups in total. The number of aromatic nitrogens is 1. The number of pyridine rings is 1. The van der Waals surface area contributed by atoms with Crippen LogP contribution in [0.5, 0.6) is 5.75 Å². The monoisotopic (exact) mass is 211 g/mol. The maximum Gasteiger partial charge on any atom is 0.198 e. The van der Waals surface area contributed by atoms with Crippen molar-refractivity contribution in [1.29, 1.82) is 0 Å². The second-order valence-electron chi connectivity index (χ2n) is 3.61. The number of carbonyl (C=O) groups excluding carboxylic acids is 1. The molecule has 2 heterocycles. The van der Waals surface area contributed by atoms with E-state index in [1.807, 2.05) is 12.1 Å². The van der Waals surface area contributed by atoms with Crippen molar-refractivity contribution >= 4 is 5.78 Å². The average Bonchev–Trinajstić information content (AvgIpc) is 2.49. The Morgan fingerprint density at radius 1 is 1.06 bits per heavy atom. The lowest BCUT2D eigenvalue weighted by molar-refractivity contribution is 0.103. The third-order valence-corrected chi connectivity index (χ3v) is 2.63. The number of fused-ring (bicyclic) bond motifs is 2. The number of ketones is 1. The van der Waals surface area contributed by atoms with E-state index in [1.54, 1.807) is 30.5 Å². The first-order chi connectivity index (χ1) is 7.86. The van der Waals surface area contributed by atoms with Crippen molar-refractivity contribution < 1.29 is 9.53 Å². The molecule has 0 radical (unpaired) electrons. The number of para-hydroxylation sites is 1. The Kier molecular flexibility index (Phi) is 1.96. The third-order valence-electron chi connectivity index (χ3n) is 2.63. The zero-order chi connectivity index (χ0) is 11.0. The Bertz CT molecular complexity index is 514. The van der Waals surface area contributed by atoms with Gasteiger partial charge in [-0.05, 0) is 24.3 Å². The number of nitrogens with zero attached hydrogens (tertiary/aromatic N) is 1. The van der Waals surface area contributed by atoms with Crippen LogP contribution in [0.15, 0.2) is 42.6 Å². The van der Waals surface area contributed by atoms with E-state index in [9.17, 15) is 4.79 Å². The van der Waals surface area contributed by atoms with Crippen molar-refractivity contribution in [2.24, 2.45) is 0 Å². The van der Waals surface area contributed by atoms with Gasteiger partial charge in [0.15, 0.2) is 5.78 Å². The molecular formula is C13H9NO2. The largest absolute Gasteiger partial charge is 0.486 e. The molecule has 0 aliphatic carbocycles. The fourth-order valence-corrected chi connectivity index (χ4v) is 1.83. The minimum absolute atomic E-state index is 0.0174. The zero-order valence-corrected chi connectivity index (χ0v) is 8.51. The van der Waals surface area contributed by atoms with Crippen LogP contribution in [-0.4, -0.2) is 10.8 Å². The van der Waals surface area contributed by atoms with Gasteiger partial charge in [-0.1, -0.05) is 12.1 Å². The standard InChI is InChI=1S/C13H9NO2/c15-13-9-5-3-7-14-11(9)8-16-12-6-2-1-4-10(12)13/h1-7H,8H2. The highest BCUT2D eigenvalue weighted by atomic mass is 16.5. The summed E-state index contributed by atoms with van der Waals surface area (Å²) in [7, 11) is 0. The molecule has 0 saturated carbocycles. The summed E-state index contributed by atoms with van der Waals surface area (Å²) in [5.41, 5.74) is 1.94. The molecule has 0 atom stereocenters. The molecule has 16 heavy (non-hydrogen) atoms. The van der Waals surface area contributed by atoms with E-state index in [1.165, 1.54) is 0 Å². The van der Waals surface area contributed by atoms with E-state index in [0.717, 1.165) is 0 Å². The Morgan fingerprint density at radius 2 is 1.88 bits per heavy atom. The van der Waals surface area contributed by atoms with Gasteiger partial charge in [0.2, 0.25) is 0 Å². The summed E-state index contributed by atoms with van der Waals surface area (Å²) >= 11 is 0. The molecule has 2 aromatic rings. The van der Waals surface area contributed by atoms with Gasteiger partial charge in [-0.25, -0.2) is 0 Å². The molecule has 0 fully saturated rings. The highest BCUT2D eigenvalue weighted by Gasteiger charge is 2.21. The van der Waals surface area contributed by atoms with Crippen LogP contribution < -0.4 is 4.74 Å². The molecule has 0 bridgehead atoms. The van der Waals surface area contributed by atoms with E-state index in [2.05, 4.69) is 4.98 Å². The SMILES string of the molecule is O=C1c2ccccc2OCc2ncccc21. The maximum absolute atomic E-state index is 12.2. The van der Waals surface area contributed by atoms with E-state index >= 15 is 0 Å². The molecule has 78 valence electrons. The van der Waals surface area contributed by atoms with Gasteiger partial charge in [-0.15, -0.1) is 0 Å². The van der Waals surface area contributed by atoms with Crippen LogP contribution in [0, 0.1) is 0 Å². The van der Waals surface area contributed by atoms with Gasteiger partial charge in [0.25, 0.3) is 0 Å². The van der Waals surface area contributed by atoms with E-state index in [0.29, 0.717) is 29.2 Å². The number of benzene rings is 1. The molecule has 0 saturated heterocycles. The lowest BCUT2D eigenvalue weighted by Gasteiger charge is -2.03. The minimum atomic E-state index is -0.0174. The summed E-state index contributed by atoms with van der Waals surface area (Å²) in [6, 6.07) is 10.8. The first-order valence-electron chi connectivity index (χ1n) is 5.06. The molecule has 1 aliphatic rings. The molecule has 0 amide bonds. The molecule has 3 rings (SSSR count). The van der Waals surface area contributed by atoms with Crippen LogP contribution in [0.4, 0.5) is 0 Å². The van der Waals surface area contributed by atoms with Gasteiger partial charge in [0, 0.05) is 11.8 Å². The molecule has 1 aromatic heterocycles. The molecule has 0 unspecified atom stereocenters. The predicted octanol–water partition coefficient (Wildman–Crippen LogP) is 2.21. The highest BCUT2D eigenvalue weighted by molar-refractivity contribution is 6.11. The summed E-state index contributed by atoms with van der Waals surface area (Å²) in [6.07, 6.45) is 1.67. The fraction of sp³-hybridized carbons (Fsp3) is 0.0769. The maximum atomic E-state index is 12.2. The van der Waals surface area contributed by atoms with Crippen LogP contribution in [0.2, 0.25) is 0 Å². The molecule has 1 aromatic carbocycles. The van der Waals surface area contributed by atoms with Gasteiger partial charge < -0.3 is 4.74 Å². The van der Waals surface area contributed by atoms with Crippen molar-refractivity contribution in [2.45, 2.75) is 6.61 Å². The Morgan fingerprint density at radius 3 is 2.81 bits per heavy atom. The predicted molar refractivity (Wildman–Crippen MR) is 58.4 cm³/mol. The van der Waals surface area contributed by atoms with Crippen LogP contribution in [0.25, 0.3) is 0 Å². The van der Waals surface area contributed by atoms with E-state index in [-0.39, 0.29) is 5.78 Å².